The van der Waals surface area contributed by atoms with E-state index in [0.29, 0.717) is 23.6 Å². The van der Waals surface area contributed by atoms with Crippen LogP contribution in [0, 0.1) is 5.95 Å². The number of rotatable bonds is 4. The van der Waals surface area contributed by atoms with E-state index in [2.05, 4.69) is 15.1 Å². The maximum absolute atomic E-state index is 13.6. The maximum Gasteiger partial charge on any atom is 0.343 e. The van der Waals surface area contributed by atoms with Crippen LogP contribution in [0.25, 0.3) is 5.65 Å². The molecular formula is C18H18FN5O3. The Bertz CT molecular complexity index is 1010. The van der Waals surface area contributed by atoms with Crippen molar-refractivity contribution < 1.29 is 19.0 Å². The number of aromatic hydroxyl groups is 1. The van der Waals surface area contributed by atoms with Crippen LogP contribution in [-0.2, 0) is 4.74 Å². The molecule has 0 spiro atoms. The average molecular weight is 371 g/mol. The first-order valence-electron chi connectivity index (χ1n) is 8.71. The molecule has 1 atom stereocenters. The van der Waals surface area contributed by atoms with Crippen molar-refractivity contribution in [3.05, 3.63) is 47.8 Å². The molecule has 1 fully saturated rings. The van der Waals surface area contributed by atoms with E-state index in [1.165, 1.54) is 16.8 Å². The number of pyridine rings is 1. The Kier molecular flexibility index (Phi) is 4.35. The van der Waals surface area contributed by atoms with Crippen LogP contribution in [0.15, 0.2) is 30.7 Å². The SMILES string of the molecule is CCOC(=O)c1cnn2ccc(N3CCCC3c3cc(F)ncc3O)nc12. The second-order valence-electron chi connectivity index (χ2n) is 6.25. The molecule has 4 rings (SSSR count). The van der Waals surface area contributed by atoms with Gasteiger partial charge < -0.3 is 14.7 Å². The number of anilines is 1. The molecule has 0 radical (unpaired) electrons. The van der Waals surface area contributed by atoms with Gasteiger partial charge in [0.1, 0.15) is 17.1 Å². The zero-order valence-corrected chi connectivity index (χ0v) is 14.7. The Morgan fingerprint density at radius 3 is 3.11 bits per heavy atom. The summed E-state index contributed by atoms with van der Waals surface area (Å²) < 4.78 is 20.1. The Hall–Kier alpha value is -3.23. The Morgan fingerprint density at radius 2 is 2.30 bits per heavy atom. The van der Waals surface area contributed by atoms with Crippen molar-refractivity contribution in [3.63, 3.8) is 0 Å². The van der Waals surface area contributed by atoms with Crippen molar-refractivity contribution in [2.75, 3.05) is 18.1 Å². The van der Waals surface area contributed by atoms with Crippen LogP contribution < -0.4 is 4.90 Å². The van der Waals surface area contributed by atoms with E-state index in [-0.39, 0.29) is 24.0 Å². The quantitative estimate of drug-likeness (QED) is 0.556. The number of halogens is 1. The zero-order valence-electron chi connectivity index (χ0n) is 14.7. The van der Waals surface area contributed by atoms with Crippen molar-refractivity contribution in [2.45, 2.75) is 25.8 Å². The zero-order chi connectivity index (χ0) is 19.0. The van der Waals surface area contributed by atoms with Gasteiger partial charge in [-0.1, -0.05) is 0 Å². The minimum atomic E-state index is -0.640. The van der Waals surface area contributed by atoms with Gasteiger partial charge in [-0.15, -0.1) is 0 Å². The van der Waals surface area contributed by atoms with Gasteiger partial charge in [0.05, 0.1) is 25.0 Å². The van der Waals surface area contributed by atoms with Crippen LogP contribution in [-0.4, -0.2) is 43.8 Å². The van der Waals surface area contributed by atoms with Crippen LogP contribution in [0.4, 0.5) is 10.2 Å². The molecule has 0 bridgehead atoms. The van der Waals surface area contributed by atoms with Crippen LogP contribution in [0.3, 0.4) is 0 Å². The Labute approximate surface area is 154 Å². The van der Waals surface area contributed by atoms with Crippen LogP contribution in [0.1, 0.15) is 41.7 Å². The Morgan fingerprint density at radius 1 is 1.44 bits per heavy atom. The van der Waals surface area contributed by atoms with Gasteiger partial charge in [-0.05, 0) is 25.8 Å². The van der Waals surface area contributed by atoms with E-state index < -0.39 is 11.9 Å². The predicted octanol–water partition coefficient (Wildman–Crippen LogP) is 2.49. The molecule has 1 saturated heterocycles. The molecule has 1 unspecified atom stereocenters. The van der Waals surface area contributed by atoms with Crippen molar-refractivity contribution >= 4 is 17.4 Å². The fourth-order valence-corrected chi connectivity index (χ4v) is 3.44. The normalized spacial score (nSPS) is 16.8. The summed E-state index contributed by atoms with van der Waals surface area (Å²) in [6, 6.07) is 2.80. The first-order valence-corrected chi connectivity index (χ1v) is 8.71. The summed E-state index contributed by atoms with van der Waals surface area (Å²) >= 11 is 0. The molecule has 0 amide bonds. The van der Waals surface area contributed by atoms with E-state index in [9.17, 15) is 14.3 Å². The lowest BCUT2D eigenvalue weighted by atomic mass is 10.1. The predicted molar refractivity (Wildman–Crippen MR) is 94.1 cm³/mol. The summed E-state index contributed by atoms with van der Waals surface area (Å²) in [5.41, 5.74) is 1.15. The molecule has 0 saturated carbocycles. The number of fused-ring (bicyclic) bond motifs is 1. The molecule has 0 aromatic carbocycles. The third kappa shape index (κ3) is 3.05. The van der Waals surface area contributed by atoms with E-state index >= 15 is 0 Å². The topological polar surface area (TPSA) is 92.8 Å². The van der Waals surface area contributed by atoms with Gasteiger partial charge >= 0.3 is 5.97 Å². The summed E-state index contributed by atoms with van der Waals surface area (Å²) in [6.07, 6.45) is 5.87. The first kappa shape index (κ1) is 17.2. The largest absolute Gasteiger partial charge is 0.506 e. The highest BCUT2D eigenvalue weighted by molar-refractivity contribution is 5.95. The van der Waals surface area contributed by atoms with Gasteiger partial charge in [0.15, 0.2) is 5.65 Å². The molecule has 0 aliphatic carbocycles. The number of hydrogen-bond acceptors (Lipinski definition) is 7. The highest BCUT2D eigenvalue weighted by atomic mass is 19.1. The van der Waals surface area contributed by atoms with Crippen LogP contribution in [0.5, 0.6) is 5.75 Å². The maximum atomic E-state index is 13.6. The third-order valence-electron chi connectivity index (χ3n) is 4.64. The fourth-order valence-electron chi connectivity index (χ4n) is 3.44. The lowest BCUT2D eigenvalue weighted by molar-refractivity contribution is 0.0528. The number of esters is 1. The van der Waals surface area contributed by atoms with Crippen molar-refractivity contribution in [3.8, 4) is 5.75 Å². The average Bonchev–Trinajstić information content (AvgIpc) is 3.30. The molecule has 4 heterocycles. The van der Waals surface area contributed by atoms with Crippen molar-refractivity contribution in [1.29, 1.82) is 0 Å². The summed E-state index contributed by atoms with van der Waals surface area (Å²) in [4.78, 5) is 22.2. The monoisotopic (exact) mass is 371 g/mol. The number of carbonyl (C=O) groups excluding carboxylic acids is 1. The van der Waals surface area contributed by atoms with Gasteiger partial charge in [-0.2, -0.15) is 9.49 Å². The number of ether oxygens (including phenoxy) is 1. The molecule has 3 aromatic rings. The molecule has 1 aliphatic heterocycles. The first-order chi connectivity index (χ1) is 13.1. The minimum Gasteiger partial charge on any atom is -0.506 e. The van der Waals surface area contributed by atoms with Gasteiger partial charge in [0.2, 0.25) is 5.95 Å². The summed E-state index contributed by atoms with van der Waals surface area (Å²) in [5.74, 6) is -0.555. The molecule has 140 valence electrons. The fraction of sp³-hybridized carbons (Fsp3) is 0.333. The number of carbonyl (C=O) groups is 1. The minimum absolute atomic E-state index is 0.0501. The molecule has 1 N–H and O–H groups in total. The molecule has 1 aliphatic rings. The third-order valence-corrected chi connectivity index (χ3v) is 4.64. The summed E-state index contributed by atoms with van der Waals surface area (Å²) in [6.45, 7) is 2.69. The van der Waals surface area contributed by atoms with Gasteiger partial charge in [0.25, 0.3) is 0 Å². The summed E-state index contributed by atoms with van der Waals surface area (Å²) in [5, 5.41) is 14.3. The molecular weight excluding hydrogens is 353 g/mol. The standard InChI is InChI=1S/C18H18FN5O3/c1-2-27-18(26)12-9-21-24-7-5-16(22-17(12)24)23-6-3-4-13(23)11-8-15(19)20-10-14(11)25/h5,7-10,13,25H,2-4,6H2,1H3. The summed E-state index contributed by atoms with van der Waals surface area (Å²) in [7, 11) is 0. The number of hydrogen-bond donors (Lipinski definition) is 1. The van der Waals surface area contributed by atoms with Gasteiger partial charge in [-0.25, -0.2) is 19.3 Å². The number of aromatic nitrogens is 4. The van der Waals surface area contributed by atoms with Crippen molar-refractivity contribution in [1.82, 2.24) is 19.6 Å². The number of nitrogens with zero attached hydrogens (tertiary/aromatic N) is 5. The smallest absolute Gasteiger partial charge is 0.343 e. The van der Waals surface area contributed by atoms with E-state index in [0.717, 1.165) is 19.0 Å². The van der Waals surface area contributed by atoms with Crippen LogP contribution in [0.2, 0.25) is 0 Å². The van der Waals surface area contributed by atoms with Gasteiger partial charge in [0, 0.05) is 24.4 Å². The van der Waals surface area contributed by atoms with E-state index in [1.807, 2.05) is 4.90 Å². The molecule has 3 aromatic heterocycles. The van der Waals surface area contributed by atoms with E-state index in [1.54, 1.807) is 19.2 Å². The molecule has 8 nitrogen and oxygen atoms in total. The van der Waals surface area contributed by atoms with Crippen molar-refractivity contribution in [2.24, 2.45) is 0 Å². The lowest BCUT2D eigenvalue weighted by Gasteiger charge is -2.26. The van der Waals surface area contributed by atoms with E-state index in [4.69, 9.17) is 4.74 Å². The lowest BCUT2D eigenvalue weighted by Crippen LogP contribution is -2.24. The second kappa shape index (κ2) is 6.82. The Balaban J connectivity index is 1.73. The van der Waals surface area contributed by atoms with Gasteiger partial charge in [-0.3, -0.25) is 0 Å². The molecule has 27 heavy (non-hydrogen) atoms. The second-order valence-corrected chi connectivity index (χ2v) is 6.25. The molecule has 9 heteroatoms. The van der Waals surface area contributed by atoms with Crippen LogP contribution >= 0.6 is 0 Å². The highest BCUT2D eigenvalue weighted by Crippen LogP contribution is 2.38. The highest BCUT2D eigenvalue weighted by Gasteiger charge is 2.30.